The van der Waals surface area contributed by atoms with Crippen molar-refractivity contribution in [2.45, 2.75) is 18.4 Å². The molecule has 0 atom stereocenters. The van der Waals surface area contributed by atoms with Crippen molar-refractivity contribution < 1.29 is 27.1 Å². The van der Waals surface area contributed by atoms with Crippen molar-refractivity contribution in [1.82, 2.24) is 9.55 Å². The van der Waals surface area contributed by atoms with Gasteiger partial charge in [-0.25, -0.2) is 22.5 Å². The third-order valence-corrected chi connectivity index (χ3v) is 5.29. The molecule has 2 heterocycles. The van der Waals surface area contributed by atoms with Crippen molar-refractivity contribution in [3.8, 4) is 28.3 Å². The molecule has 162 valence electrons. The van der Waals surface area contributed by atoms with Gasteiger partial charge in [0.2, 0.25) is 5.89 Å². The van der Waals surface area contributed by atoms with E-state index in [-0.39, 0.29) is 28.5 Å². The summed E-state index contributed by atoms with van der Waals surface area (Å²) in [4.78, 5) is 16.6. The zero-order chi connectivity index (χ0) is 22.6. The van der Waals surface area contributed by atoms with Crippen LogP contribution in [0.2, 0.25) is 0 Å². The molecule has 0 bridgehead atoms. The lowest BCUT2D eigenvalue weighted by atomic mass is 10.1. The zero-order valence-electron chi connectivity index (χ0n) is 16.3. The fourth-order valence-corrected chi connectivity index (χ4v) is 3.43. The summed E-state index contributed by atoms with van der Waals surface area (Å²) >= 11 is 0. The van der Waals surface area contributed by atoms with Crippen LogP contribution in [0.5, 0.6) is 0 Å². The molecule has 0 saturated heterocycles. The van der Waals surface area contributed by atoms with Crippen LogP contribution in [-0.2, 0) is 5.60 Å². The van der Waals surface area contributed by atoms with E-state index in [0.29, 0.717) is 18.9 Å². The number of hydrogen-bond acceptors (Lipinski definition) is 4. The number of hydrogen-bond donors (Lipinski definition) is 1. The summed E-state index contributed by atoms with van der Waals surface area (Å²) in [5.41, 5.74) is -2.61. The summed E-state index contributed by atoms with van der Waals surface area (Å²) in [5, 5.41) is 10.4. The van der Waals surface area contributed by atoms with E-state index in [9.17, 15) is 27.5 Å². The van der Waals surface area contributed by atoms with Gasteiger partial charge in [0.15, 0.2) is 5.76 Å². The van der Waals surface area contributed by atoms with Crippen LogP contribution in [-0.4, -0.2) is 14.7 Å². The minimum absolute atomic E-state index is 0.0444. The number of oxazole rings is 1. The van der Waals surface area contributed by atoms with Crippen molar-refractivity contribution in [3.05, 3.63) is 94.2 Å². The van der Waals surface area contributed by atoms with Gasteiger partial charge in [-0.05, 0) is 43.2 Å². The summed E-state index contributed by atoms with van der Waals surface area (Å²) < 4.78 is 63.0. The second-order valence-corrected chi connectivity index (χ2v) is 7.55. The highest BCUT2D eigenvalue weighted by molar-refractivity contribution is 5.77. The van der Waals surface area contributed by atoms with E-state index in [1.165, 1.54) is 12.1 Å². The Hall–Kier alpha value is -3.72. The standard InChI is InChI=1S/C23H14F4N2O3/c24-13-5-6-14(17(27)10-13)19-21(32-22(28-19)23(31)8-9-23)12-4-7-18(30)29(11-12)20-15(25)2-1-3-16(20)26/h1-7,10-11,31H,8-9H2. The van der Waals surface area contributed by atoms with Crippen LogP contribution in [0.25, 0.3) is 28.3 Å². The fourth-order valence-electron chi connectivity index (χ4n) is 3.43. The van der Waals surface area contributed by atoms with E-state index < -0.39 is 40.1 Å². The Morgan fingerprint density at radius 1 is 0.969 bits per heavy atom. The van der Waals surface area contributed by atoms with Gasteiger partial charge in [-0.15, -0.1) is 0 Å². The molecule has 2 aromatic carbocycles. The van der Waals surface area contributed by atoms with Gasteiger partial charge in [0, 0.05) is 29.5 Å². The Labute approximate surface area is 178 Å². The van der Waals surface area contributed by atoms with Crippen LogP contribution in [0.15, 0.2) is 63.9 Å². The minimum Gasteiger partial charge on any atom is -0.437 e. The molecule has 5 rings (SSSR count). The van der Waals surface area contributed by atoms with E-state index in [1.54, 1.807) is 0 Å². The molecule has 4 aromatic rings. The van der Waals surface area contributed by atoms with Gasteiger partial charge in [-0.1, -0.05) is 6.07 Å². The van der Waals surface area contributed by atoms with E-state index in [4.69, 9.17) is 4.42 Å². The quantitative estimate of drug-likeness (QED) is 0.466. The van der Waals surface area contributed by atoms with Crippen LogP contribution < -0.4 is 5.56 Å². The Morgan fingerprint density at radius 2 is 1.69 bits per heavy atom. The molecule has 1 fully saturated rings. The molecule has 32 heavy (non-hydrogen) atoms. The second-order valence-electron chi connectivity index (χ2n) is 7.55. The number of benzene rings is 2. The van der Waals surface area contributed by atoms with E-state index >= 15 is 0 Å². The largest absolute Gasteiger partial charge is 0.437 e. The number of rotatable bonds is 4. The van der Waals surface area contributed by atoms with Gasteiger partial charge < -0.3 is 9.52 Å². The molecule has 9 heteroatoms. The molecule has 1 aliphatic rings. The molecule has 0 spiro atoms. The first-order valence-corrected chi connectivity index (χ1v) is 9.63. The number of aliphatic hydroxyl groups is 1. The molecule has 1 N–H and O–H groups in total. The predicted octanol–water partition coefficient (Wildman–Crippen LogP) is 4.70. The van der Waals surface area contributed by atoms with Crippen molar-refractivity contribution in [3.63, 3.8) is 0 Å². The monoisotopic (exact) mass is 442 g/mol. The third kappa shape index (κ3) is 3.31. The molecule has 1 aliphatic carbocycles. The smallest absolute Gasteiger partial charge is 0.255 e. The van der Waals surface area contributed by atoms with Crippen molar-refractivity contribution >= 4 is 0 Å². The molecular formula is C23H14F4N2O3. The topological polar surface area (TPSA) is 68.3 Å². The Morgan fingerprint density at radius 3 is 2.34 bits per heavy atom. The molecule has 2 aromatic heterocycles. The summed E-state index contributed by atoms with van der Waals surface area (Å²) in [6, 6.07) is 8.45. The lowest BCUT2D eigenvalue weighted by Crippen LogP contribution is -2.19. The molecule has 0 radical (unpaired) electrons. The summed E-state index contributed by atoms with van der Waals surface area (Å²) in [7, 11) is 0. The van der Waals surface area contributed by atoms with E-state index in [2.05, 4.69) is 4.98 Å². The Bertz CT molecular complexity index is 1400. The molecule has 1 saturated carbocycles. The maximum Gasteiger partial charge on any atom is 0.255 e. The number of pyridine rings is 1. The van der Waals surface area contributed by atoms with Gasteiger partial charge in [0.1, 0.15) is 40.3 Å². The maximum absolute atomic E-state index is 14.5. The average molecular weight is 442 g/mol. The van der Waals surface area contributed by atoms with Gasteiger partial charge in [-0.3, -0.25) is 9.36 Å². The Balaban J connectivity index is 1.73. The molecular weight excluding hydrogens is 428 g/mol. The Kier molecular flexibility index (Phi) is 4.52. The summed E-state index contributed by atoms with van der Waals surface area (Å²) in [6.45, 7) is 0. The first kappa shape index (κ1) is 20.2. The number of nitrogens with zero attached hydrogens (tertiary/aromatic N) is 2. The van der Waals surface area contributed by atoms with Crippen molar-refractivity contribution in [2.75, 3.05) is 0 Å². The highest BCUT2D eigenvalue weighted by atomic mass is 19.1. The molecule has 0 amide bonds. The number of para-hydroxylation sites is 1. The SMILES string of the molecule is O=c1ccc(-c2oc(C3(O)CC3)nc2-c2ccc(F)cc2F)cn1-c1c(F)cccc1F. The van der Waals surface area contributed by atoms with E-state index in [1.807, 2.05) is 0 Å². The average Bonchev–Trinajstić information content (AvgIpc) is 3.33. The van der Waals surface area contributed by atoms with Crippen molar-refractivity contribution in [1.29, 1.82) is 0 Å². The number of halogens is 4. The predicted molar refractivity (Wildman–Crippen MR) is 106 cm³/mol. The summed E-state index contributed by atoms with van der Waals surface area (Å²) in [6.07, 6.45) is 1.91. The highest BCUT2D eigenvalue weighted by Crippen LogP contribution is 2.47. The fraction of sp³-hybridized carbons (Fsp3) is 0.130. The van der Waals surface area contributed by atoms with Gasteiger partial charge >= 0.3 is 0 Å². The third-order valence-electron chi connectivity index (χ3n) is 5.29. The zero-order valence-corrected chi connectivity index (χ0v) is 16.3. The van der Waals surface area contributed by atoms with Crippen LogP contribution in [0.3, 0.4) is 0 Å². The van der Waals surface area contributed by atoms with Crippen LogP contribution in [0.4, 0.5) is 17.6 Å². The minimum atomic E-state index is -1.31. The van der Waals surface area contributed by atoms with E-state index in [0.717, 1.165) is 41.1 Å². The lowest BCUT2D eigenvalue weighted by Gasteiger charge is -2.10. The normalized spacial score (nSPS) is 14.5. The van der Waals surface area contributed by atoms with Gasteiger partial charge in [0.25, 0.3) is 5.56 Å². The number of aromatic nitrogens is 2. The molecule has 0 aliphatic heterocycles. The first-order chi connectivity index (χ1) is 15.3. The van der Waals surface area contributed by atoms with Crippen LogP contribution >= 0.6 is 0 Å². The molecule has 5 nitrogen and oxygen atoms in total. The van der Waals surface area contributed by atoms with Crippen LogP contribution in [0.1, 0.15) is 18.7 Å². The van der Waals surface area contributed by atoms with Crippen LogP contribution in [0, 0.1) is 23.3 Å². The lowest BCUT2D eigenvalue weighted by molar-refractivity contribution is 0.118. The van der Waals surface area contributed by atoms with Gasteiger partial charge in [0.05, 0.1) is 0 Å². The van der Waals surface area contributed by atoms with Gasteiger partial charge in [-0.2, -0.15) is 0 Å². The van der Waals surface area contributed by atoms with Crippen molar-refractivity contribution in [2.24, 2.45) is 0 Å². The first-order valence-electron chi connectivity index (χ1n) is 9.63. The highest BCUT2D eigenvalue weighted by Gasteiger charge is 2.47. The second kappa shape index (κ2) is 7.16. The maximum atomic E-state index is 14.5. The summed E-state index contributed by atoms with van der Waals surface area (Å²) in [5.74, 6) is -3.74. The molecule has 0 unspecified atom stereocenters.